The Labute approximate surface area is 54.4 Å². The van der Waals surface area contributed by atoms with Gasteiger partial charge in [0.2, 0.25) is 0 Å². The van der Waals surface area contributed by atoms with Gasteiger partial charge in [-0.2, -0.15) is 0 Å². The number of methoxy groups -OCH3 is 1. The molecule has 1 unspecified atom stereocenters. The van der Waals surface area contributed by atoms with Crippen molar-refractivity contribution in [3.05, 3.63) is 0 Å². The maximum absolute atomic E-state index is 10.4. The molecule has 9 heavy (non-hydrogen) atoms. The molecule has 0 aromatic heterocycles. The van der Waals surface area contributed by atoms with E-state index in [4.69, 9.17) is 0 Å². The largest absolute Gasteiger partial charge is 0.467 e. The zero-order valence-corrected chi connectivity index (χ0v) is 6.05. The minimum Gasteiger partial charge on any atom is -0.467 e. The molecule has 0 rings (SSSR count). The normalized spacial score (nSPS) is 13.1. The first-order chi connectivity index (χ1) is 4.22. The molecule has 0 bridgehead atoms. The van der Waals surface area contributed by atoms with Gasteiger partial charge >= 0.3 is 14.7 Å². The number of ether oxygens (including phenoxy) is 1. The van der Waals surface area contributed by atoms with Gasteiger partial charge < -0.3 is 4.74 Å². The molecule has 0 N–H and O–H groups in total. The molecular weight excluding hydrogens is 143 g/mol. The van der Waals surface area contributed by atoms with Crippen LogP contribution in [0.2, 0.25) is 0 Å². The van der Waals surface area contributed by atoms with Gasteiger partial charge in [-0.25, -0.2) is 9.36 Å². The summed E-state index contributed by atoms with van der Waals surface area (Å²) in [5, 5.41) is 0. The van der Waals surface area contributed by atoms with Gasteiger partial charge in [0.1, 0.15) is 0 Å². The summed E-state index contributed by atoms with van der Waals surface area (Å²) in [7, 11) is 0.733. The minimum absolute atomic E-state index is 0.507. The van der Waals surface area contributed by atoms with Crippen LogP contribution in [-0.4, -0.2) is 19.2 Å². The van der Waals surface area contributed by atoms with Gasteiger partial charge in [-0.05, 0) is 6.92 Å². The average Bonchev–Trinajstić information content (AvgIpc) is 1.87. The molecular formula is C4H7O4P. The lowest BCUT2D eigenvalue weighted by Crippen LogP contribution is -2.18. The zero-order chi connectivity index (χ0) is 7.28. The van der Waals surface area contributed by atoms with Crippen LogP contribution in [-0.2, 0) is 18.6 Å². The summed E-state index contributed by atoms with van der Waals surface area (Å²) in [6, 6.07) is 0. The summed E-state index contributed by atoms with van der Waals surface area (Å²) in [5.74, 6) is -0.529. The molecule has 1 atom stereocenters. The Hall–Kier alpha value is -0.470. The van der Waals surface area contributed by atoms with Crippen molar-refractivity contribution in [2.75, 3.05) is 7.11 Å². The molecule has 0 saturated carbocycles. The van der Waals surface area contributed by atoms with Crippen molar-refractivity contribution >= 4 is 14.7 Å². The highest BCUT2D eigenvalue weighted by atomic mass is 31.1. The Kier molecular flexibility index (Phi) is 4.18. The van der Waals surface area contributed by atoms with Crippen LogP contribution in [0.5, 0.6) is 0 Å². The number of esters is 1. The summed E-state index contributed by atoms with van der Waals surface area (Å²) in [4.78, 5) is 10.4. The highest BCUT2D eigenvalue weighted by Gasteiger charge is 2.12. The molecule has 0 aromatic rings. The summed E-state index contributed by atoms with van der Waals surface area (Å²) < 4.78 is 18.3. The van der Waals surface area contributed by atoms with Crippen molar-refractivity contribution in [3.8, 4) is 0 Å². The third kappa shape index (κ3) is 3.16. The quantitative estimate of drug-likeness (QED) is 0.440. The molecule has 0 fully saturated rings. The average molecular weight is 150 g/mol. The summed E-state index contributed by atoms with van der Waals surface area (Å²) in [6.07, 6.45) is -0.755. The number of hydrogen-bond acceptors (Lipinski definition) is 4. The van der Waals surface area contributed by atoms with Gasteiger partial charge in [0, 0.05) is 0 Å². The van der Waals surface area contributed by atoms with Crippen LogP contribution in [0.3, 0.4) is 0 Å². The second-order valence-electron chi connectivity index (χ2n) is 1.35. The molecule has 5 heteroatoms. The summed E-state index contributed by atoms with van der Waals surface area (Å²) in [6.45, 7) is 1.46. The second-order valence-corrected chi connectivity index (χ2v) is 1.71. The van der Waals surface area contributed by atoms with Crippen molar-refractivity contribution in [1.82, 2.24) is 0 Å². The van der Waals surface area contributed by atoms with E-state index < -0.39 is 20.8 Å². The van der Waals surface area contributed by atoms with Crippen molar-refractivity contribution in [1.29, 1.82) is 0 Å². The highest BCUT2D eigenvalue weighted by Crippen LogP contribution is 2.02. The number of rotatable bonds is 3. The van der Waals surface area contributed by atoms with E-state index in [1.165, 1.54) is 14.0 Å². The van der Waals surface area contributed by atoms with E-state index in [1.807, 2.05) is 0 Å². The van der Waals surface area contributed by atoms with Crippen LogP contribution in [0.1, 0.15) is 6.92 Å². The van der Waals surface area contributed by atoms with Crippen LogP contribution >= 0.6 is 8.69 Å². The molecule has 0 spiro atoms. The molecule has 0 aliphatic rings. The Bertz CT molecular complexity index is 113. The van der Waals surface area contributed by atoms with Crippen LogP contribution in [0.25, 0.3) is 0 Å². The fraction of sp³-hybridized carbons (Fsp3) is 0.750. The van der Waals surface area contributed by atoms with E-state index >= 15 is 0 Å². The Morgan fingerprint density at radius 3 is 2.56 bits per heavy atom. The monoisotopic (exact) mass is 150 g/mol. The molecule has 0 aliphatic heterocycles. The Balaban J connectivity index is 3.58. The molecule has 0 aromatic carbocycles. The van der Waals surface area contributed by atoms with E-state index in [-0.39, 0.29) is 0 Å². The van der Waals surface area contributed by atoms with E-state index in [0.717, 1.165) is 0 Å². The van der Waals surface area contributed by atoms with Gasteiger partial charge in [-0.1, -0.05) is 0 Å². The topological polar surface area (TPSA) is 52.6 Å². The predicted molar refractivity (Wildman–Crippen MR) is 30.2 cm³/mol. The first kappa shape index (κ1) is 8.53. The standard InChI is InChI=1S/C4H7O4P/c1-3(8-9-6)4(5)7-2/h3H,1-2H3. The SMILES string of the molecule is COC(=O)C(C)OP=O. The number of hydrogen-bond donors (Lipinski definition) is 0. The van der Waals surface area contributed by atoms with Gasteiger partial charge in [-0.15, -0.1) is 0 Å². The lowest BCUT2D eigenvalue weighted by Gasteiger charge is -2.02. The molecule has 0 radical (unpaired) electrons. The first-order valence-corrected chi connectivity index (χ1v) is 3.01. The number of carbonyl (C=O) groups is 1. The third-order valence-electron chi connectivity index (χ3n) is 0.734. The highest BCUT2D eigenvalue weighted by molar-refractivity contribution is 7.17. The van der Waals surface area contributed by atoms with Gasteiger partial charge in [-0.3, -0.25) is 4.52 Å². The van der Waals surface area contributed by atoms with E-state index in [1.54, 1.807) is 0 Å². The predicted octanol–water partition coefficient (Wildman–Crippen LogP) is 0.771. The van der Waals surface area contributed by atoms with Gasteiger partial charge in [0.25, 0.3) is 0 Å². The maximum Gasteiger partial charge on any atom is 0.335 e. The van der Waals surface area contributed by atoms with Crippen molar-refractivity contribution in [2.24, 2.45) is 0 Å². The Morgan fingerprint density at radius 1 is 1.67 bits per heavy atom. The second kappa shape index (κ2) is 4.41. The summed E-state index contributed by atoms with van der Waals surface area (Å²) >= 11 is 0. The van der Waals surface area contributed by atoms with Crippen molar-refractivity contribution in [2.45, 2.75) is 13.0 Å². The Morgan fingerprint density at radius 2 is 2.22 bits per heavy atom. The first-order valence-electron chi connectivity index (χ1n) is 2.28. The lowest BCUT2D eigenvalue weighted by molar-refractivity contribution is -0.147. The van der Waals surface area contributed by atoms with Crippen LogP contribution in [0, 0.1) is 0 Å². The third-order valence-corrected chi connectivity index (χ3v) is 1.14. The van der Waals surface area contributed by atoms with E-state index in [2.05, 4.69) is 9.26 Å². The van der Waals surface area contributed by atoms with Gasteiger partial charge in [0.15, 0.2) is 6.10 Å². The molecule has 0 heterocycles. The number of carbonyl (C=O) groups excluding carboxylic acids is 1. The fourth-order valence-corrected chi connectivity index (χ4v) is 0.489. The summed E-state index contributed by atoms with van der Waals surface area (Å²) in [5.41, 5.74) is 0. The van der Waals surface area contributed by atoms with Crippen LogP contribution < -0.4 is 0 Å². The van der Waals surface area contributed by atoms with Crippen LogP contribution in [0.15, 0.2) is 0 Å². The molecule has 0 amide bonds. The molecule has 4 nitrogen and oxygen atoms in total. The molecule has 0 aliphatic carbocycles. The lowest BCUT2D eigenvalue weighted by atomic mass is 10.4. The van der Waals surface area contributed by atoms with Crippen molar-refractivity contribution in [3.63, 3.8) is 0 Å². The zero-order valence-electron chi connectivity index (χ0n) is 5.16. The maximum atomic E-state index is 10.4. The van der Waals surface area contributed by atoms with E-state index in [0.29, 0.717) is 0 Å². The van der Waals surface area contributed by atoms with Gasteiger partial charge in [0.05, 0.1) is 7.11 Å². The van der Waals surface area contributed by atoms with E-state index in [9.17, 15) is 9.36 Å². The molecule has 0 saturated heterocycles. The molecule has 52 valence electrons. The van der Waals surface area contributed by atoms with Crippen molar-refractivity contribution < 1.29 is 18.6 Å². The smallest absolute Gasteiger partial charge is 0.335 e. The minimum atomic E-state index is -0.755. The van der Waals surface area contributed by atoms with Crippen LogP contribution in [0.4, 0.5) is 0 Å². The fourth-order valence-electron chi connectivity index (χ4n) is 0.274.